The molecule has 0 atom stereocenters. The van der Waals surface area contributed by atoms with Gasteiger partial charge in [-0.3, -0.25) is 9.68 Å². The predicted molar refractivity (Wildman–Crippen MR) is 95.3 cm³/mol. The highest BCUT2D eigenvalue weighted by Gasteiger charge is 2.35. The first-order valence-corrected chi connectivity index (χ1v) is 10.4. The summed E-state index contributed by atoms with van der Waals surface area (Å²) in [6.45, 7) is 10.1. The van der Waals surface area contributed by atoms with Gasteiger partial charge in [0.25, 0.3) is 0 Å². The number of benzene rings is 1. The van der Waals surface area contributed by atoms with Crippen molar-refractivity contribution in [3.63, 3.8) is 0 Å². The summed E-state index contributed by atoms with van der Waals surface area (Å²) in [4.78, 5) is 11.7. The van der Waals surface area contributed by atoms with E-state index in [1.807, 2.05) is 32.9 Å². The molecule has 0 aromatic heterocycles. The summed E-state index contributed by atoms with van der Waals surface area (Å²) in [6, 6.07) is 3.98. The molecule has 0 unspecified atom stereocenters. The molecule has 2 aliphatic rings. The summed E-state index contributed by atoms with van der Waals surface area (Å²) >= 11 is 0. The van der Waals surface area contributed by atoms with Crippen LogP contribution in [0.4, 0.5) is 0 Å². The Morgan fingerprint density at radius 1 is 1.00 bits per heavy atom. The first-order chi connectivity index (χ1) is 11.8. The second-order valence-electron chi connectivity index (χ2n) is 7.35. The van der Waals surface area contributed by atoms with Gasteiger partial charge >= 0.3 is 0 Å². The summed E-state index contributed by atoms with van der Waals surface area (Å²) < 4.78 is 27.8. The van der Waals surface area contributed by atoms with Gasteiger partial charge in [-0.1, -0.05) is 29.8 Å². The maximum absolute atomic E-state index is 13.1. The minimum absolute atomic E-state index is 0.110. The molecule has 0 spiro atoms. The SMILES string of the molecule is Cc1cc(C)c(S(=O)(=O)N2CCC(N3OCC(C)CO3)CC2)c(C)c1. The molecule has 0 N–H and O–H groups in total. The van der Waals surface area contributed by atoms with E-state index >= 15 is 0 Å². The van der Waals surface area contributed by atoms with Gasteiger partial charge in [-0.15, -0.1) is 0 Å². The molecule has 140 valence electrons. The molecule has 2 saturated heterocycles. The van der Waals surface area contributed by atoms with Crippen molar-refractivity contribution in [2.75, 3.05) is 26.3 Å². The van der Waals surface area contributed by atoms with Crippen molar-refractivity contribution in [1.82, 2.24) is 9.53 Å². The second kappa shape index (κ2) is 7.32. The van der Waals surface area contributed by atoms with Gasteiger partial charge in [0, 0.05) is 19.0 Å². The number of piperidine rings is 1. The first-order valence-electron chi connectivity index (χ1n) is 8.92. The van der Waals surface area contributed by atoms with Crippen LogP contribution in [0, 0.1) is 26.7 Å². The maximum Gasteiger partial charge on any atom is 0.243 e. The van der Waals surface area contributed by atoms with E-state index < -0.39 is 10.0 Å². The van der Waals surface area contributed by atoms with E-state index in [1.54, 1.807) is 9.53 Å². The number of hydroxylamine groups is 2. The topological polar surface area (TPSA) is 59.1 Å². The lowest BCUT2D eigenvalue weighted by Gasteiger charge is -2.39. The zero-order valence-electron chi connectivity index (χ0n) is 15.5. The molecule has 25 heavy (non-hydrogen) atoms. The van der Waals surface area contributed by atoms with E-state index in [-0.39, 0.29) is 6.04 Å². The molecule has 3 rings (SSSR count). The summed E-state index contributed by atoms with van der Waals surface area (Å²) in [5.41, 5.74) is 2.72. The van der Waals surface area contributed by atoms with E-state index in [1.165, 1.54) is 0 Å². The van der Waals surface area contributed by atoms with Crippen LogP contribution in [-0.4, -0.2) is 50.3 Å². The fourth-order valence-electron chi connectivity index (χ4n) is 3.69. The van der Waals surface area contributed by atoms with Crippen LogP contribution in [0.1, 0.15) is 36.5 Å². The lowest BCUT2D eigenvalue weighted by atomic mass is 10.1. The van der Waals surface area contributed by atoms with E-state index in [2.05, 4.69) is 6.92 Å². The molecule has 0 radical (unpaired) electrons. The summed E-state index contributed by atoms with van der Waals surface area (Å²) in [7, 11) is -3.47. The molecule has 1 aromatic rings. The van der Waals surface area contributed by atoms with E-state index in [0.717, 1.165) is 16.7 Å². The minimum atomic E-state index is -3.47. The maximum atomic E-state index is 13.1. The third-order valence-electron chi connectivity index (χ3n) is 4.90. The zero-order chi connectivity index (χ0) is 18.2. The predicted octanol–water partition coefficient (Wildman–Crippen LogP) is 2.58. The fourth-order valence-corrected chi connectivity index (χ4v) is 5.58. The van der Waals surface area contributed by atoms with Crippen LogP contribution in [-0.2, 0) is 19.7 Å². The largest absolute Gasteiger partial charge is 0.274 e. The lowest BCUT2D eigenvalue weighted by molar-refractivity contribution is -0.423. The molecule has 2 heterocycles. The molecule has 0 amide bonds. The number of sulfonamides is 1. The number of hydrogen-bond acceptors (Lipinski definition) is 5. The summed E-state index contributed by atoms with van der Waals surface area (Å²) in [5.74, 6) is 0.393. The summed E-state index contributed by atoms with van der Waals surface area (Å²) in [6.07, 6.45) is 1.41. The van der Waals surface area contributed by atoms with Crippen molar-refractivity contribution in [2.24, 2.45) is 5.92 Å². The molecule has 0 bridgehead atoms. The highest BCUT2D eigenvalue weighted by molar-refractivity contribution is 7.89. The standard InChI is InChI=1S/C18H28N2O4S/c1-13-9-15(3)18(16(4)10-13)25(21,22)19-7-5-17(6-8-19)20-23-11-14(2)12-24-20/h9-10,14,17H,5-8,11-12H2,1-4H3. The van der Waals surface area contributed by atoms with Crippen LogP contribution in [0.25, 0.3) is 0 Å². The van der Waals surface area contributed by atoms with Gasteiger partial charge in [-0.2, -0.15) is 4.31 Å². The highest BCUT2D eigenvalue weighted by atomic mass is 32.2. The van der Waals surface area contributed by atoms with Crippen molar-refractivity contribution in [1.29, 1.82) is 0 Å². The Morgan fingerprint density at radius 2 is 1.52 bits per heavy atom. The van der Waals surface area contributed by atoms with Crippen LogP contribution >= 0.6 is 0 Å². The molecule has 1 aromatic carbocycles. The van der Waals surface area contributed by atoms with Gasteiger partial charge in [0.2, 0.25) is 10.0 Å². The van der Waals surface area contributed by atoms with Gasteiger partial charge in [0.15, 0.2) is 0 Å². The van der Waals surface area contributed by atoms with E-state index in [0.29, 0.717) is 50.0 Å². The smallest absolute Gasteiger partial charge is 0.243 e. The molecule has 2 aliphatic heterocycles. The quantitative estimate of drug-likeness (QED) is 0.821. The van der Waals surface area contributed by atoms with Crippen LogP contribution in [0.3, 0.4) is 0 Å². The first kappa shape index (κ1) is 18.8. The zero-order valence-corrected chi connectivity index (χ0v) is 16.3. The highest BCUT2D eigenvalue weighted by Crippen LogP contribution is 2.29. The third kappa shape index (κ3) is 3.90. The van der Waals surface area contributed by atoms with Crippen molar-refractivity contribution in [3.05, 3.63) is 28.8 Å². The molecule has 0 saturated carbocycles. The monoisotopic (exact) mass is 368 g/mol. The Labute approximate surface area is 150 Å². The van der Waals surface area contributed by atoms with Gasteiger partial charge < -0.3 is 0 Å². The number of hydrogen-bond donors (Lipinski definition) is 0. The lowest BCUT2D eigenvalue weighted by Crippen LogP contribution is -2.49. The average Bonchev–Trinajstić information content (AvgIpc) is 2.54. The normalized spacial score (nSPS) is 22.4. The number of aryl methyl sites for hydroxylation is 3. The van der Waals surface area contributed by atoms with E-state index in [4.69, 9.17) is 9.68 Å². The van der Waals surface area contributed by atoms with Crippen molar-refractivity contribution < 1.29 is 18.1 Å². The average molecular weight is 368 g/mol. The van der Waals surface area contributed by atoms with Gasteiger partial charge in [0.05, 0.1) is 24.2 Å². The van der Waals surface area contributed by atoms with Gasteiger partial charge in [-0.25, -0.2) is 8.42 Å². The van der Waals surface area contributed by atoms with Crippen LogP contribution in [0.2, 0.25) is 0 Å². The molecule has 7 heteroatoms. The van der Waals surface area contributed by atoms with Crippen LogP contribution < -0.4 is 0 Å². The van der Waals surface area contributed by atoms with Gasteiger partial charge in [-0.05, 0) is 44.7 Å². The Morgan fingerprint density at radius 3 is 2.04 bits per heavy atom. The van der Waals surface area contributed by atoms with Crippen molar-refractivity contribution in [3.8, 4) is 0 Å². The van der Waals surface area contributed by atoms with Gasteiger partial charge in [0.1, 0.15) is 0 Å². The molecule has 6 nitrogen and oxygen atoms in total. The van der Waals surface area contributed by atoms with Crippen molar-refractivity contribution >= 4 is 10.0 Å². The Bertz CT molecular complexity index is 696. The Balaban J connectivity index is 1.70. The fraction of sp³-hybridized carbons (Fsp3) is 0.667. The van der Waals surface area contributed by atoms with Crippen LogP contribution in [0.15, 0.2) is 17.0 Å². The molecular weight excluding hydrogens is 340 g/mol. The molecular formula is C18H28N2O4S. The Hall–Kier alpha value is -0.990. The molecule has 2 fully saturated rings. The summed E-state index contributed by atoms with van der Waals surface area (Å²) in [5, 5.41) is 1.59. The Kier molecular flexibility index (Phi) is 5.51. The number of rotatable bonds is 3. The second-order valence-corrected chi connectivity index (χ2v) is 9.22. The van der Waals surface area contributed by atoms with E-state index in [9.17, 15) is 8.42 Å². The number of nitrogens with zero attached hydrogens (tertiary/aromatic N) is 2. The third-order valence-corrected chi connectivity index (χ3v) is 7.10. The molecule has 0 aliphatic carbocycles. The minimum Gasteiger partial charge on any atom is -0.274 e. The van der Waals surface area contributed by atoms with Crippen LogP contribution in [0.5, 0.6) is 0 Å². The van der Waals surface area contributed by atoms with Crippen molar-refractivity contribution in [2.45, 2.75) is 51.5 Å².